The third-order valence-electron chi connectivity index (χ3n) is 4.41. The molecule has 8 heteroatoms. The van der Waals surface area contributed by atoms with Crippen molar-refractivity contribution in [1.29, 1.82) is 0 Å². The third kappa shape index (κ3) is 7.34. The molecule has 1 atom stereocenters. The lowest BCUT2D eigenvalue weighted by Crippen LogP contribution is -2.52. The summed E-state index contributed by atoms with van der Waals surface area (Å²) < 4.78 is 46.5. The Bertz CT molecular complexity index is 336. The van der Waals surface area contributed by atoms with Gasteiger partial charge in [-0.15, -0.1) is 0 Å². The Labute approximate surface area is 136 Å². The number of nitrogens with zero attached hydrogens (tertiary/aromatic N) is 3. The van der Waals surface area contributed by atoms with Crippen LogP contribution in [-0.4, -0.2) is 106 Å². The first-order valence-electron chi connectivity index (χ1n) is 8.39. The lowest BCUT2D eigenvalue weighted by atomic mass is 10.2. The normalized spacial score (nSPS) is 25.8. The SMILES string of the molecule is CCN1CCO[C@@H](CN2CCN(CCOCC(F)(F)F)CC2)C1. The van der Waals surface area contributed by atoms with Crippen molar-refractivity contribution in [3.63, 3.8) is 0 Å². The van der Waals surface area contributed by atoms with Crippen molar-refractivity contribution >= 4 is 0 Å². The zero-order valence-electron chi connectivity index (χ0n) is 13.9. The highest BCUT2D eigenvalue weighted by atomic mass is 19.4. The fourth-order valence-corrected chi connectivity index (χ4v) is 3.04. The van der Waals surface area contributed by atoms with Crippen molar-refractivity contribution < 1.29 is 22.6 Å². The smallest absolute Gasteiger partial charge is 0.374 e. The predicted octanol–water partition coefficient (Wildman–Crippen LogP) is 0.904. The lowest BCUT2D eigenvalue weighted by molar-refractivity contribution is -0.174. The molecule has 5 nitrogen and oxygen atoms in total. The van der Waals surface area contributed by atoms with Gasteiger partial charge >= 0.3 is 6.18 Å². The van der Waals surface area contributed by atoms with Crippen molar-refractivity contribution in [2.24, 2.45) is 0 Å². The Hall–Kier alpha value is -0.410. The molecule has 136 valence electrons. The van der Waals surface area contributed by atoms with E-state index in [-0.39, 0.29) is 12.7 Å². The predicted molar refractivity (Wildman–Crippen MR) is 81.6 cm³/mol. The number of piperazine rings is 1. The first-order chi connectivity index (χ1) is 11.0. The third-order valence-corrected chi connectivity index (χ3v) is 4.41. The van der Waals surface area contributed by atoms with Crippen LogP contribution in [0.2, 0.25) is 0 Å². The molecule has 0 spiro atoms. The van der Waals surface area contributed by atoms with E-state index in [0.717, 1.165) is 59.0 Å². The van der Waals surface area contributed by atoms with Crippen LogP contribution in [0.15, 0.2) is 0 Å². The van der Waals surface area contributed by atoms with Crippen LogP contribution >= 0.6 is 0 Å². The molecule has 0 saturated carbocycles. The number of likely N-dealkylation sites (N-methyl/N-ethyl adjacent to an activating group) is 1. The van der Waals surface area contributed by atoms with Gasteiger partial charge in [0.25, 0.3) is 0 Å². The minimum atomic E-state index is -4.23. The van der Waals surface area contributed by atoms with Gasteiger partial charge in [0, 0.05) is 52.4 Å². The summed E-state index contributed by atoms with van der Waals surface area (Å²) >= 11 is 0. The molecule has 0 aromatic rings. The van der Waals surface area contributed by atoms with Crippen LogP contribution in [0.4, 0.5) is 13.2 Å². The molecule has 0 amide bonds. The molecule has 0 radical (unpaired) electrons. The summed E-state index contributed by atoms with van der Waals surface area (Å²) in [5.41, 5.74) is 0. The second-order valence-corrected chi connectivity index (χ2v) is 6.20. The molecule has 2 saturated heterocycles. The molecule has 0 bridgehead atoms. The standard InChI is InChI=1S/C15H28F3N3O2/c1-2-19-8-10-23-14(11-19)12-21-5-3-20(4-6-21)7-9-22-13-15(16,17)18/h14H,2-13H2,1H3/t14-/m1/s1. The summed E-state index contributed by atoms with van der Waals surface area (Å²) in [6, 6.07) is 0. The van der Waals surface area contributed by atoms with Crippen LogP contribution in [0.25, 0.3) is 0 Å². The van der Waals surface area contributed by atoms with E-state index in [4.69, 9.17) is 4.74 Å². The summed E-state index contributed by atoms with van der Waals surface area (Å²) in [5.74, 6) is 0. The zero-order chi connectivity index (χ0) is 16.7. The van der Waals surface area contributed by atoms with Crippen molar-refractivity contribution in [3.8, 4) is 0 Å². The van der Waals surface area contributed by atoms with Gasteiger partial charge in [-0.25, -0.2) is 0 Å². The first-order valence-corrected chi connectivity index (χ1v) is 8.39. The summed E-state index contributed by atoms with van der Waals surface area (Å²) in [7, 11) is 0. The van der Waals surface area contributed by atoms with Crippen LogP contribution < -0.4 is 0 Å². The maximum Gasteiger partial charge on any atom is 0.411 e. The molecule has 0 aliphatic carbocycles. The molecule has 0 N–H and O–H groups in total. The fourth-order valence-electron chi connectivity index (χ4n) is 3.04. The van der Waals surface area contributed by atoms with Crippen LogP contribution in [0.3, 0.4) is 0 Å². The largest absolute Gasteiger partial charge is 0.411 e. The highest BCUT2D eigenvalue weighted by molar-refractivity contribution is 4.78. The molecule has 0 aromatic carbocycles. The van der Waals surface area contributed by atoms with Gasteiger partial charge in [-0.3, -0.25) is 14.7 Å². The number of morpholine rings is 1. The van der Waals surface area contributed by atoms with E-state index in [0.29, 0.717) is 6.54 Å². The van der Waals surface area contributed by atoms with Gasteiger partial charge in [-0.1, -0.05) is 6.92 Å². The molecule has 0 unspecified atom stereocenters. The van der Waals surface area contributed by atoms with Gasteiger partial charge in [0.1, 0.15) is 6.61 Å². The van der Waals surface area contributed by atoms with E-state index in [2.05, 4.69) is 26.4 Å². The molecule has 2 heterocycles. The average molecular weight is 339 g/mol. The van der Waals surface area contributed by atoms with Gasteiger partial charge in [0.15, 0.2) is 0 Å². The van der Waals surface area contributed by atoms with Crippen LogP contribution in [-0.2, 0) is 9.47 Å². The Morgan fingerprint density at radius 1 is 1.04 bits per heavy atom. The van der Waals surface area contributed by atoms with E-state index in [1.807, 2.05) is 0 Å². The van der Waals surface area contributed by atoms with E-state index in [1.54, 1.807) is 0 Å². The number of ether oxygens (including phenoxy) is 2. The number of alkyl halides is 3. The summed E-state index contributed by atoms with van der Waals surface area (Å²) in [5, 5.41) is 0. The molecule has 2 rings (SSSR count). The van der Waals surface area contributed by atoms with Crippen molar-refractivity contribution in [2.75, 3.05) is 78.7 Å². The second-order valence-electron chi connectivity index (χ2n) is 6.20. The lowest BCUT2D eigenvalue weighted by Gasteiger charge is -2.39. The second kappa shape index (κ2) is 9.17. The Morgan fingerprint density at radius 2 is 1.74 bits per heavy atom. The molecule has 2 aliphatic heterocycles. The summed E-state index contributed by atoms with van der Waals surface area (Å²) in [6.45, 7) is 10.1. The highest BCUT2D eigenvalue weighted by Gasteiger charge is 2.28. The Kier molecular flexibility index (Phi) is 7.55. The maximum absolute atomic E-state index is 12.0. The van der Waals surface area contributed by atoms with Crippen LogP contribution in [0.1, 0.15) is 6.92 Å². The van der Waals surface area contributed by atoms with Crippen molar-refractivity contribution in [2.45, 2.75) is 19.2 Å². The number of hydrogen-bond donors (Lipinski definition) is 0. The Balaban J connectivity index is 1.57. The van der Waals surface area contributed by atoms with Crippen molar-refractivity contribution in [3.05, 3.63) is 0 Å². The van der Waals surface area contributed by atoms with Gasteiger partial charge in [0.2, 0.25) is 0 Å². The monoisotopic (exact) mass is 339 g/mol. The molecule has 2 fully saturated rings. The first kappa shape index (κ1) is 18.9. The quantitative estimate of drug-likeness (QED) is 0.643. The number of rotatable bonds is 7. The van der Waals surface area contributed by atoms with E-state index < -0.39 is 12.8 Å². The van der Waals surface area contributed by atoms with Crippen LogP contribution in [0, 0.1) is 0 Å². The van der Waals surface area contributed by atoms with E-state index in [9.17, 15) is 13.2 Å². The van der Waals surface area contributed by atoms with Gasteiger partial charge in [-0.05, 0) is 6.54 Å². The minimum absolute atomic E-state index is 0.136. The van der Waals surface area contributed by atoms with E-state index in [1.165, 1.54) is 0 Å². The van der Waals surface area contributed by atoms with E-state index >= 15 is 0 Å². The summed E-state index contributed by atoms with van der Waals surface area (Å²) in [6.07, 6.45) is -3.96. The van der Waals surface area contributed by atoms with Gasteiger partial charge < -0.3 is 9.47 Å². The van der Waals surface area contributed by atoms with Gasteiger partial charge in [0.05, 0.1) is 19.3 Å². The topological polar surface area (TPSA) is 28.2 Å². The zero-order valence-corrected chi connectivity index (χ0v) is 13.9. The maximum atomic E-state index is 12.0. The summed E-state index contributed by atoms with van der Waals surface area (Å²) in [4.78, 5) is 6.95. The molecular formula is C15H28F3N3O2. The number of halogens is 3. The van der Waals surface area contributed by atoms with Crippen LogP contribution in [0.5, 0.6) is 0 Å². The molecule has 2 aliphatic rings. The Morgan fingerprint density at radius 3 is 2.39 bits per heavy atom. The fraction of sp³-hybridized carbons (Fsp3) is 1.00. The molecule has 0 aromatic heterocycles. The number of hydrogen-bond acceptors (Lipinski definition) is 5. The van der Waals surface area contributed by atoms with Gasteiger partial charge in [-0.2, -0.15) is 13.2 Å². The highest BCUT2D eigenvalue weighted by Crippen LogP contribution is 2.14. The minimum Gasteiger partial charge on any atom is -0.374 e. The molecule has 23 heavy (non-hydrogen) atoms. The molecular weight excluding hydrogens is 311 g/mol. The van der Waals surface area contributed by atoms with Crippen molar-refractivity contribution in [1.82, 2.24) is 14.7 Å². The average Bonchev–Trinajstić information content (AvgIpc) is 2.52.